The van der Waals surface area contributed by atoms with Gasteiger partial charge in [-0.2, -0.15) is 0 Å². The van der Waals surface area contributed by atoms with E-state index in [1.165, 1.54) is 0 Å². The SMILES string of the molecule is O=C(NCCc1ccncc1)Nc1ccccc1COc1ccccc1. The number of ether oxygens (including phenoxy) is 1. The Labute approximate surface area is 153 Å². The van der Waals surface area contributed by atoms with Crippen molar-refractivity contribution in [2.75, 3.05) is 11.9 Å². The Kier molecular flexibility index (Phi) is 6.20. The fraction of sp³-hybridized carbons (Fsp3) is 0.143. The van der Waals surface area contributed by atoms with Crippen LogP contribution in [0.25, 0.3) is 0 Å². The van der Waals surface area contributed by atoms with Crippen LogP contribution in [0.4, 0.5) is 10.5 Å². The predicted octanol–water partition coefficient (Wildman–Crippen LogP) is 4.02. The van der Waals surface area contributed by atoms with Crippen molar-refractivity contribution in [3.63, 3.8) is 0 Å². The maximum absolute atomic E-state index is 12.2. The van der Waals surface area contributed by atoms with E-state index in [4.69, 9.17) is 4.74 Å². The number of aromatic nitrogens is 1. The maximum atomic E-state index is 12.2. The molecule has 3 aromatic rings. The molecule has 0 atom stereocenters. The zero-order valence-electron chi connectivity index (χ0n) is 14.4. The van der Waals surface area contributed by atoms with Crippen LogP contribution in [-0.4, -0.2) is 17.6 Å². The third-order valence-electron chi connectivity index (χ3n) is 3.85. The number of pyridine rings is 1. The average Bonchev–Trinajstić information content (AvgIpc) is 2.69. The summed E-state index contributed by atoms with van der Waals surface area (Å²) in [6.45, 7) is 0.940. The normalized spacial score (nSPS) is 10.2. The van der Waals surface area contributed by atoms with Crippen molar-refractivity contribution >= 4 is 11.7 Å². The largest absolute Gasteiger partial charge is 0.489 e. The summed E-state index contributed by atoms with van der Waals surface area (Å²) in [7, 11) is 0. The topological polar surface area (TPSA) is 63.2 Å². The van der Waals surface area contributed by atoms with Crippen LogP contribution in [0.15, 0.2) is 79.1 Å². The molecule has 2 N–H and O–H groups in total. The van der Waals surface area contributed by atoms with E-state index in [0.717, 1.165) is 29.0 Å². The Hall–Kier alpha value is -3.34. The van der Waals surface area contributed by atoms with Crippen molar-refractivity contribution in [1.29, 1.82) is 0 Å². The minimum atomic E-state index is -0.230. The van der Waals surface area contributed by atoms with E-state index in [2.05, 4.69) is 15.6 Å². The van der Waals surface area contributed by atoms with Crippen LogP contribution in [-0.2, 0) is 13.0 Å². The Morgan fingerprint density at radius 2 is 1.65 bits per heavy atom. The molecule has 1 aromatic heterocycles. The van der Waals surface area contributed by atoms with E-state index < -0.39 is 0 Å². The number of hydrogen-bond acceptors (Lipinski definition) is 3. The Bertz CT molecular complexity index is 823. The number of hydrogen-bond donors (Lipinski definition) is 2. The van der Waals surface area contributed by atoms with Crippen LogP contribution in [0.5, 0.6) is 5.75 Å². The molecule has 2 aromatic carbocycles. The number of carbonyl (C=O) groups excluding carboxylic acids is 1. The fourth-order valence-electron chi connectivity index (χ4n) is 2.48. The van der Waals surface area contributed by atoms with Gasteiger partial charge in [-0.25, -0.2) is 4.79 Å². The molecular formula is C21H21N3O2. The second kappa shape index (κ2) is 9.22. The van der Waals surface area contributed by atoms with Crippen LogP contribution in [0.1, 0.15) is 11.1 Å². The summed E-state index contributed by atoms with van der Waals surface area (Å²) in [4.78, 5) is 16.1. The Morgan fingerprint density at radius 1 is 0.923 bits per heavy atom. The summed E-state index contributed by atoms with van der Waals surface area (Å²) >= 11 is 0. The summed E-state index contributed by atoms with van der Waals surface area (Å²) in [5, 5.41) is 5.76. The van der Waals surface area contributed by atoms with Crippen molar-refractivity contribution in [1.82, 2.24) is 10.3 Å². The highest BCUT2D eigenvalue weighted by Gasteiger charge is 2.07. The minimum absolute atomic E-state index is 0.230. The summed E-state index contributed by atoms with van der Waals surface area (Å²) in [6, 6.07) is 20.9. The van der Waals surface area contributed by atoms with Gasteiger partial charge in [0.25, 0.3) is 0 Å². The standard InChI is InChI=1S/C21H21N3O2/c25-21(23-15-12-17-10-13-22-14-11-17)24-20-9-5-4-6-18(20)16-26-19-7-2-1-3-8-19/h1-11,13-14H,12,15-16H2,(H2,23,24,25). The number of rotatable bonds is 7. The molecule has 5 heteroatoms. The summed E-state index contributed by atoms with van der Waals surface area (Å²) < 4.78 is 5.78. The Balaban J connectivity index is 1.51. The molecule has 1 heterocycles. The molecule has 0 fully saturated rings. The van der Waals surface area contributed by atoms with Crippen LogP contribution >= 0.6 is 0 Å². The van der Waals surface area contributed by atoms with E-state index in [1.54, 1.807) is 12.4 Å². The van der Waals surface area contributed by atoms with Crippen molar-refractivity contribution in [2.45, 2.75) is 13.0 Å². The van der Waals surface area contributed by atoms with Crippen LogP contribution in [0.2, 0.25) is 0 Å². The molecule has 0 aliphatic heterocycles. The van der Waals surface area contributed by atoms with Gasteiger partial charge in [0.15, 0.2) is 0 Å². The summed E-state index contributed by atoms with van der Waals surface area (Å²) in [5.41, 5.74) is 2.79. The molecule has 0 saturated heterocycles. The number of amides is 2. The van der Waals surface area contributed by atoms with Gasteiger partial charge in [0, 0.05) is 30.2 Å². The van der Waals surface area contributed by atoms with Crippen LogP contribution in [0.3, 0.4) is 0 Å². The van der Waals surface area contributed by atoms with Gasteiger partial charge in [0.1, 0.15) is 12.4 Å². The lowest BCUT2D eigenvalue weighted by atomic mass is 10.2. The Morgan fingerprint density at radius 3 is 2.46 bits per heavy atom. The van der Waals surface area contributed by atoms with Crippen molar-refractivity contribution in [3.8, 4) is 5.75 Å². The highest BCUT2D eigenvalue weighted by atomic mass is 16.5. The first kappa shape index (κ1) is 17.5. The van der Waals surface area contributed by atoms with Crippen molar-refractivity contribution in [3.05, 3.63) is 90.3 Å². The molecule has 2 amide bonds. The van der Waals surface area contributed by atoms with E-state index in [-0.39, 0.29) is 6.03 Å². The van der Waals surface area contributed by atoms with Gasteiger partial charge in [0.2, 0.25) is 0 Å². The monoisotopic (exact) mass is 347 g/mol. The van der Waals surface area contributed by atoms with Gasteiger partial charge in [0.05, 0.1) is 0 Å². The summed E-state index contributed by atoms with van der Waals surface area (Å²) in [5.74, 6) is 0.795. The number of carbonyl (C=O) groups is 1. The molecule has 3 rings (SSSR count). The quantitative estimate of drug-likeness (QED) is 0.678. The minimum Gasteiger partial charge on any atom is -0.489 e. The lowest BCUT2D eigenvalue weighted by Gasteiger charge is -2.13. The first-order valence-corrected chi connectivity index (χ1v) is 8.51. The van der Waals surface area contributed by atoms with Gasteiger partial charge >= 0.3 is 6.03 Å². The second-order valence-electron chi connectivity index (χ2n) is 5.75. The van der Waals surface area contributed by atoms with Crippen molar-refractivity contribution < 1.29 is 9.53 Å². The van der Waals surface area contributed by atoms with E-state index in [1.807, 2.05) is 66.7 Å². The highest BCUT2D eigenvalue weighted by molar-refractivity contribution is 5.90. The highest BCUT2D eigenvalue weighted by Crippen LogP contribution is 2.18. The maximum Gasteiger partial charge on any atom is 0.319 e. The number of anilines is 1. The summed E-state index contributed by atoms with van der Waals surface area (Å²) in [6.07, 6.45) is 4.26. The molecule has 5 nitrogen and oxygen atoms in total. The third-order valence-corrected chi connectivity index (χ3v) is 3.85. The van der Waals surface area contributed by atoms with Crippen LogP contribution in [0, 0.1) is 0 Å². The molecule has 0 aliphatic carbocycles. The van der Waals surface area contributed by atoms with E-state index in [9.17, 15) is 4.79 Å². The predicted molar refractivity (Wildman–Crippen MR) is 102 cm³/mol. The first-order valence-electron chi connectivity index (χ1n) is 8.51. The van der Waals surface area contributed by atoms with Crippen LogP contribution < -0.4 is 15.4 Å². The van der Waals surface area contributed by atoms with Gasteiger partial charge in [-0.1, -0.05) is 36.4 Å². The number of benzene rings is 2. The second-order valence-corrected chi connectivity index (χ2v) is 5.75. The average molecular weight is 347 g/mol. The first-order chi connectivity index (χ1) is 12.8. The molecule has 0 aliphatic rings. The lowest BCUT2D eigenvalue weighted by Crippen LogP contribution is -2.30. The number of nitrogens with one attached hydrogen (secondary N) is 2. The molecule has 26 heavy (non-hydrogen) atoms. The number of urea groups is 1. The smallest absolute Gasteiger partial charge is 0.319 e. The zero-order valence-corrected chi connectivity index (χ0v) is 14.4. The zero-order chi connectivity index (χ0) is 18.0. The van der Waals surface area contributed by atoms with Crippen molar-refractivity contribution in [2.24, 2.45) is 0 Å². The molecule has 0 unspecified atom stereocenters. The molecule has 0 bridgehead atoms. The molecule has 0 radical (unpaired) electrons. The van der Waals surface area contributed by atoms with Gasteiger partial charge in [-0.3, -0.25) is 4.98 Å². The van der Waals surface area contributed by atoms with Gasteiger partial charge in [-0.15, -0.1) is 0 Å². The molecular weight excluding hydrogens is 326 g/mol. The lowest BCUT2D eigenvalue weighted by molar-refractivity contribution is 0.252. The molecule has 0 saturated carbocycles. The molecule has 132 valence electrons. The fourth-order valence-corrected chi connectivity index (χ4v) is 2.48. The number of para-hydroxylation sites is 2. The van der Waals surface area contributed by atoms with E-state index in [0.29, 0.717) is 13.2 Å². The van der Waals surface area contributed by atoms with Gasteiger partial charge in [-0.05, 0) is 42.3 Å². The van der Waals surface area contributed by atoms with E-state index >= 15 is 0 Å². The molecule has 0 spiro atoms. The number of nitrogens with zero attached hydrogens (tertiary/aromatic N) is 1. The van der Waals surface area contributed by atoms with Gasteiger partial charge < -0.3 is 15.4 Å². The third kappa shape index (κ3) is 5.34.